The van der Waals surface area contributed by atoms with Gasteiger partial charge in [-0.2, -0.15) is 13.2 Å². The van der Waals surface area contributed by atoms with Gasteiger partial charge in [0.05, 0.1) is 29.4 Å². The summed E-state index contributed by atoms with van der Waals surface area (Å²) in [7, 11) is 0. The first kappa shape index (κ1) is 19.3. The Balaban J connectivity index is 1.56. The van der Waals surface area contributed by atoms with Gasteiger partial charge in [0, 0.05) is 19.3 Å². The van der Waals surface area contributed by atoms with Crippen LogP contribution >= 0.6 is 11.6 Å². The van der Waals surface area contributed by atoms with Gasteiger partial charge in [-0.25, -0.2) is 5.43 Å². The molecule has 4 rings (SSSR count). The van der Waals surface area contributed by atoms with Crippen molar-refractivity contribution in [3.05, 3.63) is 34.5 Å². The Hall–Kier alpha value is -2.05. The number of carbonyl (C=O) groups is 1. The van der Waals surface area contributed by atoms with E-state index in [0.717, 1.165) is 6.07 Å². The number of nitrogens with one attached hydrogen (secondary N) is 3. The Morgan fingerprint density at radius 1 is 1.25 bits per heavy atom. The number of amides is 1. The summed E-state index contributed by atoms with van der Waals surface area (Å²) in [4.78, 5) is 14.5. The minimum absolute atomic E-state index is 0.0749. The maximum atomic E-state index is 12.9. The fraction of sp³-hybridized carbons (Fsp3) is 0.438. The summed E-state index contributed by atoms with van der Waals surface area (Å²) in [6.45, 7) is 2.38. The quantitative estimate of drug-likeness (QED) is 0.567. The second-order valence-corrected chi connectivity index (χ2v) is 6.94. The number of ether oxygens (including phenoxy) is 1. The Bertz CT molecular complexity index is 805. The highest BCUT2D eigenvalue weighted by molar-refractivity contribution is 6.33. The molecule has 2 saturated heterocycles. The molecule has 2 fully saturated rings. The van der Waals surface area contributed by atoms with Crippen molar-refractivity contribution in [3.8, 4) is 5.75 Å². The first-order chi connectivity index (χ1) is 13.2. The molecule has 1 aromatic carbocycles. The second-order valence-electron chi connectivity index (χ2n) is 6.53. The largest absolute Gasteiger partial charge is 0.506 e. The molecule has 4 N–H and O–H groups in total. The summed E-state index contributed by atoms with van der Waals surface area (Å²) in [5, 5.41) is 17.1. The number of hydrazine groups is 1. The number of carbonyl (C=O) groups excluding carboxylic acids is 1. The predicted octanol–water partition coefficient (Wildman–Crippen LogP) is 0.934. The molecule has 3 heterocycles. The van der Waals surface area contributed by atoms with Crippen LogP contribution in [-0.2, 0) is 15.7 Å². The Morgan fingerprint density at radius 3 is 2.61 bits per heavy atom. The van der Waals surface area contributed by atoms with Gasteiger partial charge in [0.1, 0.15) is 23.9 Å². The predicted molar refractivity (Wildman–Crippen MR) is 93.1 cm³/mol. The average Bonchev–Trinajstić information content (AvgIpc) is 3.05. The van der Waals surface area contributed by atoms with Crippen molar-refractivity contribution in [1.29, 1.82) is 0 Å². The molecule has 12 heteroatoms. The molecule has 3 aliphatic heterocycles. The minimum atomic E-state index is -4.64. The molecular formula is C16H17ClF3N5O3. The summed E-state index contributed by atoms with van der Waals surface area (Å²) < 4.78 is 43.9. The zero-order chi connectivity index (χ0) is 20.1. The average molecular weight is 420 g/mol. The van der Waals surface area contributed by atoms with E-state index in [1.807, 2.05) is 4.90 Å². The third kappa shape index (κ3) is 3.51. The molecule has 1 amide bonds. The SMILES string of the molecule is O=C1NC(N2CCOCC2)NC2NN(c3c(O)cc(C(F)(F)F)cc3Cl)C=C12. The van der Waals surface area contributed by atoms with Crippen molar-refractivity contribution in [2.24, 2.45) is 0 Å². The topological polar surface area (TPSA) is 89.1 Å². The van der Waals surface area contributed by atoms with E-state index in [-0.39, 0.29) is 16.6 Å². The van der Waals surface area contributed by atoms with Crippen molar-refractivity contribution in [2.45, 2.75) is 18.6 Å². The summed E-state index contributed by atoms with van der Waals surface area (Å²) >= 11 is 5.99. The maximum absolute atomic E-state index is 12.9. The number of nitrogens with zero attached hydrogens (tertiary/aromatic N) is 2. The number of aromatic hydroxyl groups is 1. The first-order valence-electron chi connectivity index (χ1n) is 8.49. The number of morpholine rings is 1. The Morgan fingerprint density at radius 2 is 1.96 bits per heavy atom. The number of hydrogen-bond donors (Lipinski definition) is 4. The smallest absolute Gasteiger partial charge is 0.416 e. The van der Waals surface area contributed by atoms with E-state index in [2.05, 4.69) is 16.1 Å². The molecule has 0 bridgehead atoms. The number of rotatable bonds is 2. The summed E-state index contributed by atoms with van der Waals surface area (Å²) in [6.07, 6.45) is -4.28. The van der Waals surface area contributed by atoms with Crippen LogP contribution in [0.4, 0.5) is 18.9 Å². The number of hydrogen-bond acceptors (Lipinski definition) is 7. The molecule has 0 aromatic heterocycles. The van der Waals surface area contributed by atoms with E-state index < -0.39 is 29.9 Å². The summed E-state index contributed by atoms with van der Waals surface area (Å²) in [6, 6.07) is 1.32. The summed E-state index contributed by atoms with van der Waals surface area (Å²) in [5.41, 5.74) is 2.11. The van der Waals surface area contributed by atoms with E-state index >= 15 is 0 Å². The van der Waals surface area contributed by atoms with E-state index in [1.54, 1.807) is 0 Å². The highest BCUT2D eigenvalue weighted by Crippen LogP contribution is 2.42. The van der Waals surface area contributed by atoms with Crippen LogP contribution in [0.15, 0.2) is 23.9 Å². The lowest BCUT2D eigenvalue weighted by atomic mass is 10.1. The molecule has 0 aliphatic carbocycles. The van der Waals surface area contributed by atoms with Gasteiger partial charge >= 0.3 is 6.18 Å². The van der Waals surface area contributed by atoms with Gasteiger partial charge in [-0.15, -0.1) is 0 Å². The number of alkyl halides is 3. The van der Waals surface area contributed by atoms with Crippen LogP contribution in [0, 0.1) is 0 Å². The van der Waals surface area contributed by atoms with Crippen LogP contribution < -0.4 is 21.1 Å². The number of halogens is 4. The van der Waals surface area contributed by atoms with Crippen LogP contribution in [0.2, 0.25) is 5.02 Å². The van der Waals surface area contributed by atoms with Crippen LogP contribution in [-0.4, -0.2) is 54.7 Å². The van der Waals surface area contributed by atoms with Gasteiger partial charge in [-0.1, -0.05) is 11.6 Å². The number of fused-ring (bicyclic) bond motifs is 1. The van der Waals surface area contributed by atoms with E-state index in [0.29, 0.717) is 37.9 Å². The lowest BCUT2D eigenvalue weighted by Gasteiger charge is -2.40. The van der Waals surface area contributed by atoms with Gasteiger partial charge in [0.25, 0.3) is 5.91 Å². The van der Waals surface area contributed by atoms with Crippen molar-refractivity contribution in [3.63, 3.8) is 0 Å². The highest BCUT2D eigenvalue weighted by Gasteiger charge is 2.40. The molecule has 28 heavy (non-hydrogen) atoms. The molecular weight excluding hydrogens is 403 g/mol. The standard InChI is InChI=1S/C16H17ClF3N5O3/c17-10-5-8(16(18,19)20)6-11(26)12(10)25-7-9-13(23-25)21-15(22-14(9)27)24-1-3-28-4-2-24/h5-7,13,15,21,23,26H,1-4H2,(H,22,27). The van der Waals surface area contributed by atoms with Gasteiger partial charge in [0.2, 0.25) is 0 Å². The third-order valence-corrected chi connectivity index (χ3v) is 5.01. The van der Waals surface area contributed by atoms with Crippen LogP contribution in [0.1, 0.15) is 5.56 Å². The van der Waals surface area contributed by atoms with Crippen LogP contribution in [0.3, 0.4) is 0 Å². The molecule has 0 radical (unpaired) electrons. The molecule has 2 unspecified atom stereocenters. The van der Waals surface area contributed by atoms with Gasteiger partial charge in [-0.05, 0) is 12.1 Å². The van der Waals surface area contributed by atoms with E-state index in [1.165, 1.54) is 11.2 Å². The van der Waals surface area contributed by atoms with Crippen molar-refractivity contribution >= 4 is 23.2 Å². The molecule has 0 spiro atoms. The molecule has 0 saturated carbocycles. The lowest BCUT2D eigenvalue weighted by Crippen LogP contribution is -2.68. The van der Waals surface area contributed by atoms with Gasteiger partial charge in [-0.3, -0.25) is 20.0 Å². The monoisotopic (exact) mass is 419 g/mol. The number of phenols is 1. The Kier molecular flexibility index (Phi) is 4.88. The van der Waals surface area contributed by atoms with Crippen molar-refractivity contribution in [2.75, 3.05) is 31.3 Å². The number of phenolic OH excluding ortho intramolecular Hbond substituents is 1. The van der Waals surface area contributed by atoms with Crippen molar-refractivity contribution in [1.82, 2.24) is 21.0 Å². The third-order valence-electron chi connectivity index (χ3n) is 4.72. The van der Waals surface area contributed by atoms with Crippen LogP contribution in [0.25, 0.3) is 0 Å². The number of anilines is 1. The maximum Gasteiger partial charge on any atom is 0.416 e. The molecule has 8 nitrogen and oxygen atoms in total. The molecule has 2 atom stereocenters. The van der Waals surface area contributed by atoms with Gasteiger partial charge in [0.15, 0.2) is 0 Å². The fourth-order valence-corrected chi connectivity index (χ4v) is 3.64. The lowest BCUT2D eigenvalue weighted by molar-refractivity contribution is -0.137. The van der Waals surface area contributed by atoms with E-state index in [4.69, 9.17) is 16.3 Å². The van der Waals surface area contributed by atoms with Gasteiger partial charge < -0.3 is 15.2 Å². The fourth-order valence-electron chi connectivity index (χ4n) is 3.33. The Labute approximate surface area is 162 Å². The zero-order valence-electron chi connectivity index (χ0n) is 14.4. The van der Waals surface area contributed by atoms with Crippen LogP contribution in [0.5, 0.6) is 5.75 Å². The van der Waals surface area contributed by atoms with Crippen molar-refractivity contribution < 1.29 is 27.8 Å². The first-order valence-corrected chi connectivity index (χ1v) is 8.87. The minimum Gasteiger partial charge on any atom is -0.506 e. The molecule has 3 aliphatic rings. The zero-order valence-corrected chi connectivity index (χ0v) is 15.1. The molecule has 1 aromatic rings. The normalized spacial score (nSPS) is 26.1. The molecule has 152 valence electrons. The second kappa shape index (κ2) is 7.08. The number of benzene rings is 1. The summed E-state index contributed by atoms with van der Waals surface area (Å²) in [5.74, 6) is -0.995. The highest BCUT2D eigenvalue weighted by atomic mass is 35.5. The van der Waals surface area contributed by atoms with E-state index in [9.17, 15) is 23.1 Å².